The minimum Gasteiger partial charge on any atom is -0.391 e. The van der Waals surface area contributed by atoms with E-state index >= 15 is 0 Å². The number of rotatable bonds is 7. The molecule has 2 heterocycles. The smallest absolute Gasteiger partial charge is 0.321 e. The van der Waals surface area contributed by atoms with Gasteiger partial charge in [-0.25, -0.2) is 4.79 Å². The number of likely N-dealkylation sites (tertiary alicyclic amines) is 1. The van der Waals surface area contributed by atoms with Gasteiger partial charge in [-0.1, -0.05) is 17.7 Å². The number of methoxy groups -OCH3 is 1. The number of hydrogen-bond acceptors (Lipinski definition) is 5. The quantitative estimate of drug-likeness (QED) is 0.629. The molecule has 1 saturated carbocycles. The lowest BCUT2D eigenvalue weighted by atomic mass is 9.90. The van der Waals surface area contributed by atoms with Crippen LogP contribution < -0.4 is 5.32 Å². The zero-order valence-electron chi connectivity index (χ0n) is 19.3. The van der Waals surface area contributed by atoms with Gasteiger partial charge in [-0.05, 0) is 55.8 Å². The summed E-state index contributed by atoms with van der Waals surface area (Å²) in [6.45, 7) is 4.31. The predicted octanol–water partition coefficient (Wildman–Crippen LogP) is 2.66. The molecule has 2 N–H and O–H groups in total. The van der Waals surface area contributed by atoms with Gasteiger partial charge < -0.3 is 29.9 Å². The molecule has 1 aromatic rings. The molecule has 3 amide bonds. The Kier molecular flexibility index (Phi) is 7.79. The highest BCUT2D eigenvalue weighted by atomic mass is 35.5. The lowest BCUT2D eigenvalue weighted by molar-refractivity contribution is -0.134. The van der Waals surface area contributed by atoms with Gasteiger partial charge in [-0.3, -0.25) is 4.79 Å². The number of nitrogens with one attached hydrogen (secondary N) is 1. The van der Waals surface area contributed by atoms with Gasteiger partial charge in [-0.2, -0.15) is 0 Å². The lowest BCUT2D eigenvalue weighted by Crippen LogP contribution is -2.49. The first-order valence-electron chi connectivity index (χ1n) is 11.9. The van der Waals surface area contributed by atoms with Crippen LogP contribution in [-0.2, 0) is 9.53 Å². The molecule has 0 aromatic heterocycles. The molecule has 8 nitrogen and oxygen atoms in total. The first-order valence-corrected chi connectivity index (χ1v) is 12.3. The first kappa shape index (κ1) is 24.3. The third-order valence-electron chi connectivity index (χ3n) is 7.42. The molecule has 2 atom stereocenters. The average Bonchev–Trinajstić information content (AvgIpc) is 3.59. The van der Waals surface area contributed by atoms with Crippen LogP contribution in [0, 0.1) is 5.41 Å². The van der Waals surface area contributed by atoms with Crippen molar-refractivity contribution in [2.45, 2.75) is 44.2 Å². The maximum absolute atomic E-state index is 12.9. The third kappa shape index (κ3) is 5.98. The van der Waals surface area contributed by atoms with E-state index in [-0.39, 0.29) is 35.9 Å². The van der Waals surface area contributed by atoms with Crippen LogP contribution in [0.5, 0.6) is 0 Å². The summed E-state index contributed by atoms with van der Waals surface area (Å²) in [7, 11) is 1.65. The zero-order chi connectivity index (χ0) is 23.4. The zero-order valence-corrected chi connectivity index (χ0v) is 20.1. The van der Waals surface area contributed by atoms with Crippen LogP contribution in [0.3, 0.4) is 0 Å². The first-order chi connectivity index (χ1) is 15.9. The van der Waals surface area contributed by atoms with Gasteiger partial charge in [0.2, 0.25) is 5.91 Å². The van der Waals surface area contributed by atoms with Crippen LogP contribution >= 0.6 is 11.6 Å². The highest BCUT2D eigenvalue weighted by Gasteiger charge is 2.51. The summed E-state index contributed by atoms with van der Waals surface area (Å²) in [6.07, 6.45) is 4.19. The Labute approximate surface area is 200 Å². The van der Waals surface area contributed by atoms with Gasteiger partial charge in [0.15, 0.2) is 0 Å². The molecule has 1 aromatic carbocycles. The molecule has 9 heteroatoms. The molecule has 2 saturated heterocycles. The van der Waals surface area contributed by atoms with Gasteiger partial charge in [0.1, 0.15) is 0 Å². The number of β-amino-alcohol motifs (C(OH)–C–C–N with tert-alkyl or cyclic N) is 1. The minimum absolute atomic E-state index is 0.0470. The molecule has 3 fully saturated rings. The van der Waals surface area contributed by atoms with Crippen molar-refractivity contribution in [3.05, 3.63) is 29.3 Å². The van der Waals surface area contributed by atoms with E-state index in [4.69, 9.17) is 16.3 Å². The molecule has 1 spiro atoms. The SMILES string of the molecule is COCC(CCN1CCC2(CC2)[C@H](O)C1)N1CCN(C(=O)Nc2cccc(Cl)c2)CCC1=O. The number of anilines is 1. The summed E-state index contributed by atoms with van der Waals surface area (Å²) in [5.74, 6) is 0.0470. The van der Waals surface area contributed by atoms with Crippen molar-refractivity contribution in [1.82, 2.24) is 14.7 Å². The van der Waals surface area contributed by atoms with Crippen LogP contribution in [0.15, 0.2) is 24.3 Å². The Morgan fingerprint density at radius 2 is 2.09 bits per heavy atom. The highest BCUT2D eigenvalue weighted by Crippen LogP contribution is 2.53. The third-order valence-corrected chi connectivity index (χ3v) is 7.66. The fourth-order valence-corrected chi connectivity index (χ4v) is 5.26. The van der Waals surface area contributed by atoms with E-state index < -0.39 is 0 Å². The molecule has 1 unspecified atom stereocenters. The number of aliphatic hydroxyl groups excluding tert-OH is 1. The van der Waals surface area contributed by atoms with Crippen LogP contribution in [0.2, 0.25) is 5.02 Å². The minimum atomic E-state index is -0.237. The number of carbonyl (C=O) groups is 2. The molecule has 4 rings (SSSR count). The van der Waals surface area contributed by atoms with Crippen LogP contribution in [0.4, 0.5) is 10.5 Å². The summed E-state index contributed by atoms with van der Waals surface area (Å²) >= 11 is 6.01. The van der Waals surface area contributed by atoms with E-state index in [1.807, 2.05) is 4.90 Å². The number of piperidine rings is 1. The number of ether oxygens (including phenoxy) is 1. The largest absolute Gasteiger partial charge is 0.391 e. The number of hydrogen-bond donors (Lipinski definition) is 2. The van der Waals surface area contributed by atoms with E-state index in [1.54, 1.807) is 36.3 Å². The second-order valence-electron chi connectivity index (χ2n) is 9.59. The molecule has 0 radical (unpaired) electrons. The van der Waals surface area contributed by atoms with Gasteiger partial charge in [-0.15, -0.1) is 0 Å². The van der Waals surface area contributed by atoms with E-state index in [0.717, 1.165) is 38.8 Å². The van der Waals surface area contributed by atoms with Crippen molar-refractivity contribution in [3.63, 3.8) is 0 Å². The second-order valence-corrected chi connectivity index (χ2v) is 10.0. The summed E-state index contributed by atoms with van der Waals surface area (Å²) < 4.78 is 5.45. The van der Waals surface area contributed by atoms with Crippen molar-refractivity contribution in [2.24, 2.45) is 5.41 Å². The molecule has 1 aliphatic carbocycles. The van der Waals surface area contributed by atoms with E-state index in [1.165, 1.54) is 0 Å². The monoisotopic (exact) mass is 478 g/mol. The van der Waals surface area contributed by atoms with Crippen LogP contribution in [-0.4, -0.2) is 96.9 Å². The van der Waals surface area contributed by atoms with E-state index in [0.29, 0.717) is 43.5 Å². The summed E-state index contributed by atoms with van der Waals surface area (Å²) in [5, 5.41) is 13.9. The number of aliphatic hydroxyl groups is 1. The van der Waals surface area contributed by atoms with Crippen molar-refractivity contribution in [3.8, 4) is 0 Å². The van der Waals surface area contributed by atoms with Crippen molar-refractivity contribution in [2.75, 3.05) is 58.3 Å². The maximum atomic E-state index is 12.9. The molecule has 182 valence electrons. The van der Waals surface area contributed by atoms with Crippen molar-refractivity contribution in [1.29, 1.82) is 0 Å². The second kappa shape index (κ2) is 10.6. The Hall–Kier alpha value is -1.87. The molecular formula is C24H35ClN4O4. The van der Waals surface area contributed by atoms with Crippen LogP contribution in [0.25, 0.3) is 0 Å². The van der Waals surface area contributed by atoms with Gasteiger partial charge >= 0.3 is 6.03 Å². The summed E-state index contributed by atoms with van der Waals surface area (Å²) in [6, 6.07) is 6.75. The fraction of sp³-hybridized carbons (Fsp3) is 0.667. The Bertz CT molecular complexity index is 850. The summed E-state index contributed by atoms with van der Waals surface area (Å²) in [5.41, 5.74) is 0.826. The topological polar surface area (TPSA) is 85.3 Å². The Morgan fingerprint density at radius 3 is 2.79 bits per heavy atom. The van der Waals surface area contributed by atoms with E-state index in [9.17, 15) is 14.7 Å². The van der Waals surface area contributed by atoms with Crippen molar-refractivity contribution >= 4 is 29.2 Å². The number of halogens is 1. The van der Waals surface area contributed by atoms with Gasteiger partial charge in [0, 0.05) is 57.0 Å². The molecule has 33 heavy (non-hydrogen) atoms. The number of amides is 3. The Morgan fingerprint density at radius 1 is 1.27 bits per heavy atom. The molecule has 2 aliphatic heterocycles. The molecule has 3 aliphatic rings. The maximum Gasteiger partial charge on any atom is 0.321 e. The highest BCUT2D eigenvalue weighted by molar-refractivity contribution is 6.30. The molecule has 0 bridgehead atoms. The van der Waals surface area contributed by atoms with Gasteiger partial charge in [0.25, 0.3) is 0 Å². The number of nitrogens with zero attached hydrogens (tertiary/aromatic N) is 3. The Balaban J connectivity index is 1.31. The normalized spacial score (nSPS) is 24.0. The average molecular weight is 479 g/mol. The molecular weight excluding hydrogens is 444 g/mol. The number of benzene rings is 1. The number of carbonyl (C=O) groups excluding carboxylic acids is 2. The van der Waals surface area contributed by atoms with E-state index in [2.05, 4.69) is 10.2 Å². The van der Waals surface area contributed by atoms with Gasteiger partial charge in [0.05, 0.1) is 18.8 Å². The predicted molar refractivity (Wildman–Crippen MR) is 127 cm³/mol. The van der Waals surface area contributed by atoms with Crippen molar-refractivity contribution < 1.29 is 19.4 Å². The number of urea groups is 1. The standard InChI is InChI=1S/C24H35ClN4O4/c1-33-17-20(5-10-27-12-9-24(7-8-24)21(30)16-27)29-14-13-28(11-6-22(29)31)23(32)26-19-4-2-3-18(25)15-19/h2-4,15,20-21,30H,5-14,16-17H2,1H3,(H,26,32)/t20?,21-/m1/s1. The summed E-state index contributed by atoms with van der Waals surface area (Å²) in [4.78, 5) is 31.5. The lowest BCUT2D eigenvalue weighted by Gasteiger charge is -2.38. The fourth-order valence-electron chi connectivity index (χ4n) is 5.07. The van der Waals surface area contributed by atoms with Crippen LogP contribution in [0.1, 0.15) is 32.1 Å².